The number of hydrogen-bond donors (Lipinski definition) is 1. The van der Waals surface area contributed by atoms with E-state index in [0.29, 0.717) is 11.4 Å². The second-order valence-corrected chi connectivity index (χ2v) is 5.30. The van der Waals surface area contributed by atoms with Gasteiger partial charge in [0.05, 0.1) is 11.4 Å². The molecule has 104 valence electrons. The number of hydrogen-bond acceptors (Lipinski definition) is 3. The molecule has 0 aliphatic heterocycles. The third-order valence-corrected chi connectivity index (χ3v) is 3.12. The minimum atomic E-state index is -0.516. The Morgan fingerprint density at radius 1 is 1.15 bits per heavy atom. The van der Waals surface area contributed by atoms with Crippen molar-refractivity contribution in [3.05, 3.63) is 53.0 Å². The lowest BCUT2D eigenvalue weighted by atomic mass is 10.2. The molecule has 4 nitrogen and oxygen atoms in total. The largest absolute Gasteiger partial charge is 0.417 e. The van der Waals surface area contributed by atoms with Crippen molar-refractivity contribution in [2.75, 3.05) is 24.3 Å². The van der Waals surface area contributed by atoms with Gasteiger partial charge in [0, 0.05) is 18.6 Å². The molecule has 0 heterocycles. The molecule has 1 N–H and O–H groups in total. The molecule has 2 aromatic rings. The van der Waals surface area contributed by atoms with E-state index in [4.69, 9.17) is 4.74 Å². The van der Waals surface area contributed by atoms with E-state index >= 15 is 0 Å². The summed E-state index contributed by atoms with van der Waals surface area (Å²) in [5.74, 6) is 0.506. The van der Waals surface area contributed by atoms with Crippen LogP contribution in [0.25, 0.3) is 0 Å². The first-order valence-electron chi connectivity index (χ1n) is 6.07. The van der Waals surface area contributed by atoms with Crippen molar-refractivity contribution in [3.63, 3.8) is 0 Å². The van der Waals surface area contributed by atoms with Gasteiger partial charge in [-0.2, -0.15) is 0 Å². The lowest BCUT2D eigenvalue weighted by Crippen LogP contribution is -2.19. The molecule has 0 atom stereocenters. The van der Waals surface area contributed by atoms with E-state index in [-0.39, 0.29) is 0 Å². The van der Waals surface area contributed by atoms with Gasteiger partial charge in [-0.3, -0.25) is 5.32 Å². The Morgan fingerprint density at radius 2 is 1.85 bits per heavy atom. The topological polar surface area (TPSA) is 41.6 Å². The average Bonchev–Trinajstić information content (AvgIpc) is 2.39. The lowest BCUT2D eigenvalue weighted by molar-refractivity contribution is 0.215. The Morgan fingerprint density at radius 3 is 2.50 bits per heavy atom. The second-order valence-electron chi connectivity index (χ2n) is 4.38. The summed E-state index contributed by atoms with van der Waals surface area (Å²) in [6, 6.07) is 14.6. The highest BCUT2D eigenvalue weighted by atomic mass is 79.9. The number of anilines is 2. The quantitative estimate of drug-likeness (QED) is 0.917. The van der Waals surface area contributed by atoms with Crippen LogP contribution < -0.4 is 15.0 Å². The number of rotatable bonds is 3. The van der Waals surface area contributed by atoms with Crippen LogP contribution in [0, 0.1) is 0 Å². The first kappa shape index (κ1) is 14.4. The molecule has 0 bridgehead atoms. The van der Waals surface area contributed by atoms with Crippen molar-refractivity contribution in [2.45, 2.75) is 0 Å². The van der Waals surface area contributed by atoms with Gasteiger partial charge >= 0.3 is 6.09 Å². The molecule has 0 aliphatic carbocycles. The van der Waals surface area contributed by atoms with E-state index in [1.165, 1.54) is 0 Å². The molecule has 0 unspecified atom stereocenters. The summed E-state index contributed by atoms with van der Waals surface area (Å²) in [6.45, 7) is 0. The smallest absolute Gasteiger partial charge is 0.410 e. The predicted molar refractivity (Wildman–Crippen MR) is 84.6 cm³/mol. The second kappa shape index (κ2) is 6.43. The third kappa shape index (κ3) is 3.74. The molecule has 20 heavy (non-hydrogen) atoms. The molecular weight excluding hydrogens is 320 g/mol. The summed E-state index contributed by atoms with van der Waals surface area (Å²) in [5.41, 5.74) is 1.59. The number of para-hydroxylation sites is 1. The van der Waals surface area contributed by atoms with Crippen molar-refractivity contribution >= 4 is 33.4 Å². The monoisotopic (exact) mass is 334 g/mol. The number of amides is 1. The first-order chi connectivity index (χ1) is 9.56. The van der Waals surface area contributed by atoms with Crippen molar-refractivity contribution in [1.82, 2.24) is 0 Å². The minimum absolute atomic E-state index is 0.506. The highest BCUT2D eigenvalue weighted by Gasteiger charge is 2.10. The van der Waals surface area contributed by atoms with Gasteiger partial charge in [0.1, 0.15) is 5.75 Å². The van der Waals surface area contributed by atoms with E-state index in [0.717, 1.165) is 10.2 Å². The number of carbonyl (C=O) groups excluding carboxylic acids is 1. The van der Waals surface area contributed by atoms with Crippen LogP contribution in [0.2, 0.25) is 0 Å². The van der Waals surface area contributed by atoms with Crippen molar-refractivity contribution in [2.24, 2.45) is 0 Å². The van der Waals surface area contributed by atoms with Crippen LogP contribution in [-0.4, -0.2) is 20.2 Å². The number of ether oxygens (including phenoxy) is 1. The van der Waals surface area contributed by atoms with E-state index in [1.54, 1.807) is 12.1 Å². The zero-order valence-corrected chi connectivity index (χ0v) is 12.8. The van der Waals surface area contributed by atoms with Gasteiger partial charge < -0.3 is 9.64 Å². The molecule has 0 aromatic heterocycles. The fraction of sp³-hybridized carbons (Fsp3) is 0.133. The summed E-state index contributed by atoms with van der Waals surface area (Å²) in [6.07, 6.45) is -0.516. The summed E-state index contributed by atoms with van der Waals surface area (Å²) in [4.78, 5) is 13.8. The number of carbonyl (C=O) groups is 1. The molecule has 0 spiro atoms. The zero-order chi connectivity index (χ0) is 14.5. The average molecular weight is 335 g/mol. The molecule has 0 saturated heterocycles. The molecule has 5 heteroatoms. The molecular formula is C15H15BrN2O2. The molecule has 0 aliphatic rings. The number of halogens is 1. The maximum atomic E-state index is 11.9. The third-order valence-electron chi connectivity index (χ3n) is 2.63. The molecule has 2 aromatic carbocycles. The first-order valence-corrected chi connectivity index (χ1v) is 6.86. The Hall–Kier alpha value is -2.01. The summed E-state index contributed by atoms with van der Waals surface area (Å²) in [5, 5.41) is 2.75. The van der Waals surface area contributed by atoms with Gasteiger partial charge in [0.25, 0.3) is 0 Å². The van der Waals surface area contributed by atoms with Crippen molar-refractivity contribution < 1.29 is 9.53 Å². The zero-order valence-electron chi connectivity index (χ0n) is 11.3. The normalized spacial score (nSPS) is 9.95. The molecule has 0 radical (unpaired) electrons. The Kier molecular flexibility index (Phi) is 4.63. The molecule has 2 rings (SSSR count). The summed E-state index contributed by atoms with van der Waals surface area (Å²) < 4.78 is 6.10. The van der Waals surface area contributed by atoms with Crippen LogP contribution in [0.15, 0.2) is 53.0 Å². The lowest BCUT2D eigenvalue weighted by Gasteiger charge is -2.18. The fourth-order valence-electron chi connectivity index (χ4n) is 1.73. The maximum Gasteiger partial charge on any atom is 0.417 e. The van der Waals surface area contributed by atoms with Crippen LogP contribution >= 0.6 is 15.9 Å². The number of nitrogens with one attached hydrogen (secondary N) is 1. The Labute approximate surface area is 126 Å². The van der Waals surface area contributed by atoms with Gasteiger partial charge in [-0.1, -0.05) is 34.1 Å². The van der Waals surface area contributed by atoms with Crippen molar-refractivity contribution in [3.8, 4) is 5.75 Å². The van der Waals surface area contributed by atoms with Crippen LogP contribution in [0.4, 0.5) is 16.2 Å². The van der Waals surface area contributed by atoms with Crippen LogP contribution in [0.3, 0.4) is 0 Å². The van der Waals surface area contributed by atoms with Crippen LogP contribution in [0.1, 0.15) is 0 Å². The van der Waals surface area contributed by atoms with Gasteiger partial charge in [-0.25, -0.2) is 4.79 Å². The standard InChI is InChI=1S/C15H15BrN2O2/c1-18(2)14-9-8-11(16)10-13(14)17-15(19)20-12-6-4-3-5-7-12/h3-10H,1-2H3,(H,17,19). The summed E-state index contributed by atoms with van der Waals surface area (Å²) >= 11 is 3.39. The highest BCUT2D eigenvalue weighted by Crippen LogP contribution is 2.28. The molecule has 0 fully saturated rings. The van der Waals surface area contributed by atoms with E-state index in [2.05, 4.69) is 21.2 Å². The van der Waals surface area contributed by atoms with E-state index in [9.17, 15) is 4.79 Å². The highest BCUT2D eigenvalue weighted by molar-refractivity contribution is 9.10. The van der Waals surface area contributed by atoms with Crippen LogP contribution in [-0.2, 0) is 0 Å². The van der Waals surface area contributed by atoms with Crippen LogP contribution in [0.5, 0.6) is 5.75 Å². The predicted octanol–water partition coefficient (Wildman–Crippen LogP) is 4.13. The maximum absolute atomic E-state index is 11.9. The summed E-state index contributed by atoms with van der Waals surface area (Å²) in [7, 11) is 3.83. The number of nitrogens with zero attached hydrogens (tertiary/aromatic N) is 1. The van der Waals surface area contributed by atoms with Crippen molar-refractivity contribution in [1.29, 1.82) is 0 Å². The van der Waals surface area contributed by atoms with Gasteiger partial charge in [0.2, 0.25) is 0 Å². The van der Waals surface area contributed by atoms with E-state index < -0.39 is 6.09 Å². The van der Waals surface area contributed by atoms with Gasteiger partial charge in [-0.15, -0.1) is 0 Å². The minimum Gasteiger partial charge on any atom is -0.410 e. The van der Waals surface area contributed by atoms with E-state index in [1.807, 2.05) is 55.4 Å². The SMILES string of the molecule is CN(C)c1ccc(Br)cc1NC(=O)Oc1ccccc1. The fourth-order valence-corrected chi connectivity index (χ4v) is 2.09. The Balaban J connectivity index is 2.13. The van der Waals surface area contributed by atoms with Gasteiger partial charge in [-0.05, 0) is 30.3 Å². The number of benzene rings is 2. The molecule has 1 amide bonds. The Bertz CT molecular complexity index is 600. The van der Waals surface area contributed by atoms with Gasteiger partial charge in [0.15, 0.2) is 0 Å². The molecule has 0 saturated carbocycles.